The molecule has 3 atom stereocenters. The zero-order valence-electron chi connectivity index (χ0n) is 12.4. The first-order chi connectivity index (χ1) is 10.1. The molecule has 3 nitrogen and oxygen atoms in total. The van der Waals surface area contributed by atoms with E-state index in [1.54, 1.807) is 6.07 Å². The van der Waals surface area contributed by atoms with Crippen molar-refractivity contribution < 1.29 is 4.39 Å². The van der Waals surface area contributed by atoms with E-state index in [0.717, 1.165) is 18.7 Å². The Morgan fingerprint density at radius 3 is 2.95 bits per heavy atom. The van der Waals surface area contributed by atoms with Gasteiger partial charge in [0, 0.05) is 37.8 Å². The van der Waals surface area contributed by atoms with Gasteiger partial charge in [0.25, 0.3) is 0 Å². The average molecular weight is 312 g/mol. The normalized spacial score (nSPS) is 28.6. The molecule has 21 heavy (non-hydrogen) atoms. The topological polar surface area (TPSA) is 32.5 Å². The van der Waals surface area contributed by atoms with E-state index in [1.807, 2.05) is 6.07 Å². The predicted molar refractivity (Wildman–Crippen MR) is 84.0 cm³/mol. The second kappa shape index (κ2) is 6.21. The first kappa shape index (κ1) is 15.2. The highest BCUT2D eigenvalue weighted by atomic mass is 35.5. The molecule has 0 aromatic heterocycles. The van der Waals surface area contributed by atoms with Gasteiger partial charge in [0.1, 0.15) is 5.82 Å². The van der Waals surface area contributed by atoms with Gasteiger partial charge in [-0.25, -0.2) is 4.39 Å². The molecule has 2 saturated heterocycles. The summed E-state index contributed by atoms with van der Waals surface area (Å²) in [6, 6.07) is 6.20. The quantitative estimate of drug-likeness (QED) is 0.931. The van der Waals surface area contributed by atoms with E-state index in [9.17, 15) is 4.39 Å². The van der Waals surface area contributed by atoms with Crippen molar-refractivity contribution in [1.82, 2.24) is 9.80 Å². The Balaban J connectivity index is 1.83. The SMILES string of the molecule is CC1CN2CCCC2CN1C(CN)c1ccc(Cl)c(F)c1. The minimum absolute atomic E-state index is 0.0644. The standard InChI is InChI=1S/C16H23ClFN3/c1-11-9-20-6-2-3-13(20)10-21(11)16(8-19)12-4-5-14(17)15(18)7-12/h4-5,7,11,13,16H,2-3,6,8-10,19H2,1H3. The lowest BCUT2D eigenvalue weighted by molar-refractivity contribution is 0.0295. The molecule has 3 unspecified atom stereocenters. The molecule has 2 aliphatic rings. The highest BCUT2D eigenvalue weighted by Crippen LogP contribution is 2.31. The molecule has 2 fully saturated rings. The molecule has 0 saturated carbocycles. The first-order valence-electron chi connectivity index (χ1n) is 7.75. The lowest BCUT2D eigenvalue weighted by Gasteiger charge is -2.46. The van der Waals surface area contributed by atoms with Gasteiger partial charge in [0.2, 0.25) is 0 Å². The van der Waals surface area contributed by atoms with Gasteiger partial charge in [0.15, 0.2) is 0 Å². The van der Waals surface area contributed by atoms with Gasteiger partial charge in [-0.1, -0.05) is 17.7 Å². The summed E-state index contributed by atoms with van der Waals surface area (Å²) in [6.07, 6.45) is 2.55. The third kappa shape index (κ3) is 2.95. The van der Waals surface area contributed by atoms with Crippen LogP contribution in [0.15, 0.2) is 18.2 Å². The largest absolute Gasteiger partial charge is 0.329 e. The monoisotopic (exact) mass is 311 g/mol. The van der Waals surface area contributed by atoms with E-state index >= 15 is 0 Å². The van der Waals surface area contributed by atoms with Crippen LogP contribution in [0.25, 0.3) is 0 Å². The lowest BCUT2D eigenvalue weighted by atomic mass is 9.99. The summed E-state index contributed by atoms with van der Waals surface area (Å²) in [7, 11) is 0. The Morgan fingerprint density at radius 2 is 2.24 bits per heavy atom. The Kier molecular flexibility index (Phi) is 4.50. The van der Waals surface area contributed by atoms with Crippen molar-refractivity contribution >= 4 is 11.6 Å². The molecule has 0 radical (unpaired) electrons. The number of nitrogens with zero attached hydrogens (tertiary/aromatic N) is 2. The number of hydrogen-bond donors (Lipinski definition) is 1. The number of rotatable bonds is 3. The maximum atomic E-state index is 13.8. The molecular formula is C16H23ClFN3. The van der Waals surface area contributed by atoms with Crippen LogP contribution in [-0.4, -0.2) is 48.1 Å². The molecule has 0 spiro atoms. The van der Waals surface area contributed by atoms with Crippen LogP contribution in [0.4, 0.5) is 4.39 Å². The van der Waals surface area contributed by atoms with Crippen LogP contribution in [0.3, 0.4) is 0 Å². The number of fused-ring (bicyclic) bond motifs is 1. The van der Waals surface area contributed by atoms with E-state index in [-0.39, 0.29) is 16.9 Å². The predicted octanol–water partition coefficient (Wildman–Crippen LogP) is 2.65. The van der Waals surface area contributed by atoms with Gasteiger partial charge in [-0.15, -0.1) is 0 Å². The minimum atomic E-state index is -0.361. The van der Waals surface area contributed by atoms with Crippen molar-refractivity contribution in [3.05, 3.63) is 34.6 Å². The van der Waals surface area contributed by atoms with Crippen molar-refractivity contribution in [2.45, 2.75) is 37.9 Å². The summed E-state index contributed by atoms with van der Waals surface area (Å²) >= 11 is 5.79. The molecule has 0 bridgehead atoms. The summed E-state index contributed by atoms with van der Waals surface area (Å²) in [4.78, 5) is 5.02. The fourth-order valence-corrected chi connectivity index (χ4v) is 3.94. The Hall–Kier alpha value is -0.680. The average Bonchev–Trinajstić information content (AvgIpc) is 2.90. The fourth-order valence-electron chi connectivity index (χ4n) is 3.83. The van der Waals surface area contributed by atoms with Gasteiger partial charge in [-0.05, 0) is 44.0 Å². The van der Waals surface area contributed by atoms with Crippen LogP contribution in [0.5, 0.6) is 0 Å². The summed E-state index contributed by atoms with van der Waals surface area (Å²) in [6.45, 7) is 6.05. The summed E-state index contributed by atoms with van der Waals surface area (Å²) in [5.74, 6) is -0.361. The Morgan fingerprint density at radius 1 is 1.43 bits per heavy atom. The molecule has 116 valence electrons. The number of piperazine rings is 1. The van der Waals surface area contributed by atoms with Crippen LogP contribution < -0.4 is 5.73 Å². The first-order valence-corrected chi connectivity index (χ1v) is 8.12. The smallest absolute Gasteiger partial charge is 0.142 e. The van der Waals surface area contributed by atoms with Crippen molar-refractivity contribution in [3.63, 3.8) is 0 Å². The van der Waals surface area contributed by atoms with E-state index < -0.39 is 0 Å². The molecule has 1 aromatic carbocycles. The maximum absolute atomic E-state index is 13.8. The third-order valence-corrected chi connectivity index (χ3v) is 5.24. The van der Waals surface area contributed by atoms with Gasteiger partial charge in [-0.2, -0.15) is 0 Å². The zero-order chi connectivity index (χ0) is 15.0. The van der Waals surface area contributed by atoms with Crippen LogP contribution in [-0.2, 0) is 0 Å². The fraction of sp³-hybridized carbons (Fsp3) is 0.625. The van der Waals surface area contributed by atoms with Gasteiger partial charge >= 0.3 is 0 Å². The van der Waals surface area contributed by atoms with Gasteiger partial charge in [0.05, 0.1) is 5.02 Å². The molecule has 2 N–H and O–H groups in total. The number of hydrogen-bond acceptors (Lipinski definition) is 3. The van der Waals surface area contributed by atoms with E-state index in [2.05, 4.69) is 16.7 Å². The Labute approximate surface area is 130 Å². The van der Waals surface area contributed by atoms with Crippen LogP contribution in [0, 0.1) is 5.82 Å². The highest BCUT2D eigenvalue weighted by Gasteiger charge is 2.37. The molecule has 5 heteroatoms. The van der Waals surface area contributed by atoms with Crippen LogP contribution in [0.1, 0.15) is 31.4 Å². The summed E-state index contributed by atoms with van der Waals surface area (Å²) in [5.41, 5.74) is 6.94. The molecule has 3 rings (SSSR count). The molecular weight excluding hydrogens is 289 g/mol. The van der Waals surface area contributed by atoms with Crippen molar-refractivity contribution in [2.75, 3.05) is 26.2 Å². The van der Waals surface area contributed by atoms with Gasteiger partial charge < -0.3 is 5.73 Å². The highest BCUT2D eigenvalue weighted by molar-refractivity contribution is 6.30. The lowest BCUT2D eigenvalue weighted by Crippen LogP contribution is -2.56. The van der Waals surface area contributed by atoms with Crippen molar-refractivity contribution in [1.29, 1.82) is 0 Å². The number of nitrogens with two attached hydrogens (primary N) is 1. The zero-order valence-corrected chi connectivity index (χ0v) is 13.2. The van der Waals surface area contributed by atoms with E-state index in [0.29, 0.717) is 18.6 Å². The molecule has 2 aliphatic heterocycles. The molecule has 0 amide bonds. The molecule has 1 aromatic rings. The van der Waals surface area contributed by atoms with E-state index in [4.69, 9.17) is 17.3 Å². The summed E-state index contributed by atoms with van der Waals surface area (Å²) < 4.78 is 13.8. The van der Waals surface area contributed by atoms with Crippen molar-refractivity contribution in [2.24, 2.45) is 5.73 Å². The Bertz CT molecular complexity index is 510. The maximum Gasteiger partial charge on any atom is 0.142 e. The van der Waals surface area contributed by atoms with E-state index in [1.165, 1.54) is 25.5 Å². The van der Waals surface area contributed by atoms with Gasteiger partial charge in [-0.3, -0.25) is 9.80 Å². The molecule has 2 heterocycles. The summed E-state index contributed by atoms with van der Waals surface area (Å²) in [5, 5.41) is 0.170. The molecule has 0 aliphatic carbocycles. The van der Waals surface area contributed by atoms with Crippen molar-refractivity contribution in [3.8, 4) is 0 Å². The second-order valence-electron chi connectivity index (χ2n) is 6.26. The third-order valence-electron chi connectivity index (χ3n) is 4.94. The van der Waals surface area contributed by atoms with Crippen LogP contribution in [0.2, 0.25) is 5.02 Å². The van der Waals surface area contributed by atoms with Crippen LogP contribution >= 0.6 is 11.6 Å². The number of benzene rings is 1. The second-order valence-corrected chi connectivity index (χ2v) is 6.67. The minimum Gasteiger partial charge on any atom is -0.329 e. The number of halogens is 2.